The Morgan fingerprint density at radius 1 is 0.542 bits per heavy atom. The van der Waals surface area contributed by atoms with E-state index in [0.29, 0.717) is 41.8 Å². The van der Waals surface area contributed by atoms with Crippen LogP contribution in [-0.4, -0.2) is 34.9 Å². The fraction of sp³-hybridized carbons (Fsp3) is 0. The van der Waals surface area contributed by atoms with Crippen molar-refractivity contribution in [2.45, 2.75) is 0 Å². The van der Waals surface area contributed by atoms with Gasteiger partial charge < -0.3 is 5.21 Å². The van der Waals surface area contributed by atoms with Gasteiger partial charge in [0.15, 0.2) is 11.7 Å². The molecule has 48 heavy (non-hydrogen) atoms. The van der Waals surface area contributed by atoms with Crippen molar-refractivity contribution in [2.24, 2.45) is 0 Å². The number of benzene rings is 4. The SMILES string of the molecule is C=Cc1cnc2c(Cl)cccc2n1.Clc1cccc2nccnc12.Clc1cnc2c(Cl)cccc2n1.[O-][n+]1ccnc2c(Cl)cccc21. The third-order valence-corrected chi connectivity index (χ3v) is 7.70. The molecule has 8 rings (SSSR count). The number of aromatic nitrogens is 8. The molecule has 0 N–H and O–H groups in total. The molecule has 0 radical (unpaired) electrons. The van der Waals surface area contributed by atoms with Crippen LogP contribution < -0.4 is 4.73 Å². The average molecular weight is 735 g/mol. The molecule has 0 aliphatic carbocycles. The third-order valence-electron chi connectivity index (χ3n) is 6.30. The van der Waals surface area contributed by atoms with Crippen LogP contribution in [0.15, 0.2) is 117 Å². The van der Waals surface area contributed by atoms with Crippen molar-refractivity contribution in [3.63, 3.8) is 0 Å². The van der Waals surface area contributed by atoms with Crippen molar-refractivity contribution < 1.29 is 4.73 Å². The first-order valence-electron chi connectivity index (χ1n) is 13.8. The van der Waals surface area contributed by atoms with E-state index in [1.54, 1.807) is 61.1 Å². The molecule has 0 saturated heterocycles. The van der Waals surface area contributed by atoms with Crippen LogP contribution in [-0.2, 0) is 0 Å². The van der Waals surface area contributed by atoms with Gasteiger partial charge in [-0.1, -0.05) is 88.8 Å². The Morgan fingerprint density at radius 2 is 1.04 bits per heavy atom. The predicted octanol–water partition coefficient (Wildman–Crippen LogP) is 9.67. The van der Waals surface area contributed by atoms with Gasteiger partial charge in [-0.15, -0.1) is 0 Å². The van der Waals surface area contributed by atoms with Gasteiger partial charge in [0.05, 0.1) is 60.9 Å². The molecule has 0 saturated carbocycles. The zero-order chi connectivity index (χ0) is 34.0. The molecule has 4 heterocycles. The minimum atomic E-state index is 0.379. The number of hydrogen-bond donors (Lipinski definition) is 0. The van der Waals surface area contributed by atoms with E-state index >= 15 is 0 Å². The lowest BCUT2D eigenvalue weighted by Gasteiger charge is -1.99. The third kappa shape index (κ3) is 8.57. The van der Waals surface area contributed by atoms with Crippen LogP contribution in [0.4, 0.5) is 0 Å². The zero-order valence-electron chi connectivity index (χ0n) is 24.6. The quantitative estimate of drug-likeness (QED) is 0.121. The van der Waals surface area contributed by atoms with E-state index in [1.807, 2.05) is 36.4 Å². The summed E-state index contributed by atoms with van der Waals surface area (Å²) in [5, 5.41) is 13.9. The van der Waals surface area contributed by atoms with Crippen molar-refractivity contribution in [1.29, 1.82) is 0 Å². The zero-order valence-corrected chi connectivity index (χ0v) is 28.3. The summed E-state index contributed by atoms with van der Waals surface area (Å²) in [5.74, 6) is 0. The van der Waals surface area contributed by atoms with Crippen LogP contribution in [0, 0.1) is 5.21 Å². The second kappa shape index (κ2) is 16.4. The number of fused-ring (bicyclic) bond motifs is 4. The Kier molecular flexibility index (Phi) is 11.8. The molecule has 0 aliphatic rings. The largest absolute Gasteiger partial charge is 0.618 e. The van der Waals surface area contributed by atoms with Gasteiger partial charge in [0.1, 0.15) is 21.7 Å². The number of hydrogen-bond acceptors (Lipinski definition) is 8. The highest BCUT2D eigenvalue weighted by molar-refractivity contribution is 6.36. The summed E-state index contributed by atoms with van der Waals surface area (Å²) in [6.45, 7) is 3.62. The molecule has 0 aliphatic heterocycles. The van der Waals surface area contributed by atoms with E-state index in [9.17, 15) is 5.21 Å². The highest BCUT2D eigenvalue weighted by atomic mass is 35.5. The monoisotopic (exact) mass is 732 g/mol. The number of nitrogens with zero attached hydrogens (tertiary/aromatic N) is 8. The summed E-state index contributed by atoms with van der Waals surface area (Å²) in [6, 6.07) is 21.6. The van der Waals surface area contributed by atoms with E-state index in [0.717, 1.165) is 38.0 Å². The van der Waals surface area contributed by atoms with Crippen LogP contribution >= 0.6 is 58.0 Å². The Balaban J connectivity index is 0.000000125. The highest BCUT2D eigenvalue weighted by Gasteiger charge is 2.06. The molecule has 0 atom stereocenters. The lowest BCUT2D eigenvalue weighted by Crippen LogP contribution is -2.26. The maximum absolute atomic E-state index is 11.1. The summed E-state index contributed by atoms with van der Waals surface area (Å²) < 4.78 is 0.744. The van der Waals surface area contributed by atoms with Crippen LogP contribution in [0.1, 0.15) is 5.69 Å². The van der Waals surface area contributed by atoms with Gasteiger partial charge in [0.25, 0.3) is 0 Å². The molecule has 238 valence electrons. The number of para-hydroxylation sites is 4. The molecular formula is C34H21Cl5N8O. The van der Waals surface area contributed by atoms with Gasteiger partial charge in [-0.2, -0.15) is 4.73 Å². The maximum atomic E-state index is 11.1. The van der Waals surface area contributed by atoms with Crippen LogP contribution in [0.3, 0.4) is 0 Å². The molecule has 4 aromatic carbocycles. The number of rotatable bonds is 1. The van der Waals surface area contributed by atoms with Crippen molar-refractivity contribution >= 4 is 108 Å². The minimum absolute atomic E-state index is 0.379. The van der Waals surface area contributed by atoms with E-state index in [4.69, 9.17) is 58.0 Å². The Bertz CT molecular complexity index is 2330. The van der Waals surface area contributed by atoms with Crippen molar-refractivity contribution in [1.82, 2.24) is 34.9 Å². The van der Waals surface area contributed by atoms with Crippen molar-refractivity contribution in [3.05, 3.63) is 153 Å². The first kappa shape index (κ1) is 34.6. The van der Waals surface area contributed by atoms with Crippen LogP contribution in [0.25, 0.3) is 50.2 Å². The molecular weight excluding hydrogens is 714 g/mol. The summed E-state index contributed by atoms with van der Waals surface area (Å²) in [7, 11) is 0. The fourth-order valence-corrected chi connectivity index (χ4v) is 5.13. The van der Waals surface area contributed by atoms with E-state index in [2.05, 4.69) is 41.5 Å². The summed E-state index contributed by atoms with van der Waals surface area (Å²) in [4.78, 5) is 28.8. The summed E-state index contributed by atoms with van der Waals surface area (Å²) >= 11 is 29.1. The Morgan fingerprint density at radius 3 is 1.65 bits per heavy atom. The molecule has 0 spiro atoms. The number of halogens is 5. The second-order valence-electron chi connectivity index (χ2n) is 9.43. The normalized spacial score (nSPS) is 10.4. The second-order valence-corrected chi connectivity index (χ2v) is 11.4. The highest BCUT2D eigenvalue weighted by Crippen LogP contribution is 2.22. The first-order chi connectivity index (χ1) is 23.2. The van der Waals surface area contributed by atoms with E-state index in [1.165, 1.54) is 18.6 Å². The Hall–Kier alpha value is -4.77. The first-order valence-corrected chi connectivity index (χ1v) is 15.7. The van der Waals surface area contributed by atoms with Crippen molar-refractivity contribution in [3.8, 4) is 0 Å². The van der Waals surface area contributed by atoms with E-state index in [-0.39, 0.29) is 0 Å². The molecule has 0 amide bonds. The van der Waals surface area contributed by atoms with Gasteiger partial charge in [-0.05, 0) is 48.5 Å². The van der Waals surface area contributed by atoms with Crippen LogP contribution in [0.2, 0.25) is 25.2 Å². The van der Waals surface area contributed by atoms with E-state index < -0.39 is 0 Å². The minimum Gasteiger partial charge on any atom is -0.618 e. The summed E-state index contributed by atoms with van der Waals surface area (Å²) in [5.41, 5.74) is 6.31. The van der Waals surface area contributed by atoms with Gasteiger partial charge in [-0.3, -0.25) is 15.0 Å². The van der Waals surface area contributed by atoms with Crippen LogP contribution in [0.5, 0.6) is 0 Å². The predicted molar refractivity (Wildman–Crippen MR) is 194 cm³/mol. The topological polar surface area (TPSA) is 117 Å². The molecule has 8 aromatic rings. The molecule has 4 aromatic heterocycles. The molecule has 0 unspecified atom stereocenters. The van der Waals surface area contributed by atoms with Gasteiger partial charge >= 0.3 is 0 Å². The molecule has 9 nitrogen and oxygen atoms in total. The molecule has 14 heteroatoms. The lowest BCUT2D eigenvalue weighted by molar-refractivity contribution is -0.577. The standard InChI is InChI=1S/C10H7ClN2.C8H4Cl2N2.C8H5ClN2O.C8H5ClN2/c1-2-7-6-12-10-8(11)4-3-5-9(10)13-7;9-5-2-1-3-6-8(5)11-4-7(10)12-6;9-6-2-1-3-7-8(6)10-4-5-11(7)12;9-6-2-1-3-7-8(6)11-5-4-10-7/h2-6H,1H2;1-4H;1-5H;1-5H. The lowest BCUT2D eigenvalue weighted by atomic mass is 10.3. The Labute approximate surface area is 299 Å². The summed E-state index contributed by atoms with van der Waals surface area (Å²) in [6.07, 6.45) is 10.9. The van der Waals surface area contributed by atoms with Crippen molar-refractivity contribution in [2.75, 3.05) is 0 Å². The molecule has 0 bridgehead atoms. The molecule has 0 fully saturated rings. The van der Waals surface area contributed by atoms with Gasteiger partial charge in [0.2, 0.25) is 5.52 Å². The maximum Gasteiger partial charge on any atom is 0.243 e. The van der Waals surface area contributed by atoms with Gasteiger partial charge in [-0.25, -0.2) is 19.9 Å². The fourth-order valence-electron chi connectivity index (χ4n) is 4.12. The average Bonchev–Trinajstić information content (AvgIpc) is 3.10. The van der Waals surface area contributed by atoms with Gasteiger partial charge in [0, 0.05) is 18.5 Å². The smallest absolute Gasteiger partial charge is 0.243 e.